The van der Waals surface area contributed by atoms with Crippen LogP contribution in [0.3, 0.4) is 0 Å². The van der Waals surface area contributed by atoms with Crippen LogP contribution in [0.25, 0.3) is 0 Å². The molecule has 1 N–H and O–H groups in total. The first-order chi connectivity index (χ1) is 10.3. The largest absolute Gasteiger partial charge is 0.454 e. The van der Waals surface area contributed by atoms with Gasteiger partial charge in [-0.1, -0.05) is 6.07 Å². The third kappa shape index (κ3) is 3.28. The van der Waals surface area contributed by atoms with E-state index in [0.717, 1.165) is 11.3 Å². The molecule has 0 unspecified atom stereocenters. The van der Waals surface area contributed by atoms with E-state index in [9.17, 15) is 9.90 Å². The van der Waals surface area contributed by atoms with Crippen molar-refractivity contribution in [1.29, 1.82) is 0 Å². The molecular weight excluding hydrogens is 274 g/mol. The fraction of sp³-hybridized carbons (Fsp3) is 0.533. The van der Waals surface area contributed by atoms with E-state index in [4.69, 9.17) is 14.2 Å². The summed E-state index contributed by atoms with van der Waals surface area (Å²) in [5, 5.41) is 9.26. The van der Waals surface area contributed by atoms with Crippen LogP contribution < -0.4 is 9.47 Å². The Balaban J connectivity index is 1.65. The van der Waals surface area contributed by atoms with E-state index in [2.05, 4.69) is 0 Å². The van der Waals surface area contributed by atoms with Crippen LogP contribution in [-0.2, 0) is 16.0 Å². The second kappa shape index (κ2) is 6.32. The Morgan fingerprint density at radius 1 is 1.33 bits per heavy atom. The lowest BCUT2D eigenvalue weighted by Gasteiger charge is -2.22. The minimum Gasteiger partial charge on any atom is -0.454 e. The van der Waals surface area contributed by atoms with Crippen LogP contribution in [0.15, 0.2) is 18.2 Å². The molecule has 1 saturated heterocycles. The number of nitrogens with zero attached hydrogens (tertiary/aromatic N) is 1. The number of fused-ring (bicyclic) bond motifs is 1. The number of carbonyl (C=O) groups excluding carboxylic acids is 1. The number of aliphatic hydroxyl groups is 1. The normalized spacial score (nSPS) is 21.2. The van der Waals surface area contributed by atoms with Gasteiger partial charge >= 0.3 is 0 Å². The van der Waals surface area contributed by atoms with Gasteiger partial charge in [-0.2, -0.15) is 0 Å². The molecule has 0 aromatic heterocycles. The molecule has 0 radical (unpaired) electrons. The lowest BCUT2D eigenvalue weighted by atomic mass is 10.1. The van der Waals surface area contributed by atoms with Crippen LogP contribution in [0, 0.1) is 5.92 Å². The highest BCUT2D eigenvalue weighted by atomic mass is 16.7. The first-order valence-electron chi connectivity index (χ1n) is 7.11. The van der Waals surface area contributed by atoms with E-state index in [1.54, 1.807) is 4.90 Å². The number of benzene rings is 1. The molecule has 2 heterocycles. The van der Waals surface area contributed by atoms with Gasteiger partial charge in [-0.05, 0) is 17.7 Å². The summed E-state index contributed by atoms with van der Waals surface area (Å²) in [6.45, 7) is 2.40. The van der Waals surface area contributed by atoms with Crippen molar-refractivity contribution >= 4 is 5.91 Å². The van der Waals surface area contributed by atoms with Crippen molar-refractivity contribution in [3.63, 3.8) is 0 Å². The summed E-state index contributed by atoms with van der Waals surface area (Å²) in [7, 11) is 0. The number of aliphatic hydroxyl groups excluding tert-OH is 1. The van der Waals surface area contributed by atoms with Crippen LogP contribution >= 0.6 is 0 Å². The SMILES string of the molecule is O=C(Cc1ccc2c(c1)OCO2)N1CCOC[C@H](CO)C1. The molecule has 1 aromatic carbocycles. The molecule has 1 atom stereocenters. The molecule has 2 aliphatic heterocycles. The van der Waals surface area contributed by atoms with E-state index < -0.39 is 0 Å². The van der Waals surface area contributed by atoms with Crippen molar-refractivity contribution in [2.24, 2.45) is 5.92 Å². The first kappa shape index (κ1) is 14.2. The molecule has 6 heteroatoms. The quantitative estimate of drug-likeness (QED) is 0.875. The molecule has 114 valence electrons. The molecule has 1 amide bonds. The Labute approximate surface area is 123 Å². The minimum absolute atomic E-state index is 0.00629. The van der Waals surface area contributed by atoms with E-state index in [-0.39, 0.29) is 25.2 Å². The third-order valence-corrected chi connectivity index (χ3v) is 3.74. The highest BCUT2D eigenvalue weighted by molar-refractivity contribution is 5.79. The molecule has 0 bridgehead atoms. The van der Waals surface area contributed by atoms with Crippen LogP contribution in [0.2, 0.25) is 0 Å². The average molecular weight is 293 g/mol. The summed E-state index contributed by atoms with van der Waals surface area (Å²) in [6, 6.07) is 5.55. The molecule has 2 aliphatic rings. The first-order valence-corrected chi connectivity index (χ1v) is 7.11. The fourth-order valence-electron chi connectivity index (χ4n) is 2.55. The Bertz CT molecular complexity index is 519. The topological polar surface area (TPSA) is 68.2 Å². The van der Waals surface area contributed by atoms with Crippen molar-refractivity contribution in [2.75, 3.05) is 39.7 Å². The Kier molecular flexibility index (Phi) is 4.26. The molecule has 6 nitrogen and oxygen atoms in total. The lowest BCUT2D eigenvalue weighted by Crippen LogP contribution is -2.37. The molecule has 1 fully saturated rings. The van der Waals surface area contributed by atoms with Gasteiger partial charge in [0, 0.05) is 25.6 Å². The van der Waals surface area contributed by atoms with Crippen molar-refractivity contribution < 1.29 is 24.1 Å². The van der Waals surface area contributed by atoms with E-state index in [1.807, 2.05) is 18.2 Å². The van der Waals surface area contributed by atoms with Crippen LogP contribution in [0.1, 0.15) is 5.56 Å². The predicted octanol–water partition coefficient (Wildman–Crippen LogP) is 0.425. The maximum absolute atomic E-state index is 12.4. The zero-order valence-electron chi connectivity index (χ0n) is 11.8. The summed E-state index contributed by atoms with van der Waals surface area (Å²) in [5.41, 5.74) is 0.898. The van der Waals surface area contributed by atoms with Gasteiger partial charge in [0.25, 0.3) is 0 Å². The number of amides is 1. The van der Waals surface area contributed by atoms with Crippen molar-refractivity contribution in [3.05, 3.63) is 23.8 Å². The highest BCUT2D eigenvalue weighted by Crippen LogP contribution is 2.32. The maximum atomic E-state index is 12.4. The molecule has 1 aromatic rings. The molecule has 3 rings (SSSR count). The van der Waals surface area contributed by atoms with Gasteiger partial charge in [0.1, 0.15) is 0 Å². The van der Waals surface area contributed by atoms with Gasteiger partial charge in [0.15, 0.2) is 11.5 Å². The van der Waals surface area contributed by atoms with Gasteiger partial charge in [-0.25, -0.2) is 0 Å². The van der Waals surface area contributed by atoms with Crippen molar-refractivity contribution in [2.45, 2.75) is 6.42 Å². The van der Waals surface area contributed by atoms with Gasteiger partial charge in [-0.15, -0.1) is 0 Å². The Hall–Kier alpha value is -1.79. The molecule has 0 saturated carbocycles. The van der Waals surface area contributed by atoms with Crippen LogP contribution in [0.5, 0.6) is 11.5 Å². The third-order valence-electron chi connectivity index (χ3n) is 3.74. The Morgan fingerprint density at radius 3 is 3.05 bits per heavy atom. The second-order valence-corrected chi connectivity index (χ2v) is 5.33. The monoisotopic (exact) mass is 293 g/mol. The Morgan fingerprint density at radius 2 is 2.19 bits per heavy atom. The summed E-state index contributed by atoms with van der Waals surface area (Å²) in [6.07, 6.45) is 0.314. The van der Waals surface area contributed by atoms with Gasteiger partial charge in [-0.3, -0.25) is 4.79 Å². The highest BCUT2D eigenvalue weighted by Gasteiger charge is 2.22. The smallest absolute Gasteiger partial charge is 0.231 e. The van der Waals surface area contributed by atoms with Crippen LogP contribution in [0.4, 0.5) is 0 Å². The van der Waals surface area contributed by atoms with Crippen molar-refractivity contribution in [3.8, 4) is 11.5 Å². The zero-order chi connectivity index (χ0) is 14.7. The van der Waals surface area contributed by atoms with E-state index in [0.29, 0.717) is 38.5 Å². The number of hydrogen-bond acceptors (Lipinski definition) is 5. The predicted molar refractivity (Wildman–Crippen MR) is 74.2 cm³/mol. The summed E-state index contributed by atoms with van der Waals surface area (Å²) < 4.78 is 16.0. The fourth-order valence-corrected chi connectivity index (χ4v) is 2.55. The lowest BCUT2D eigenvalue weighted by molar-refractivity contribution is -0.131. The minimum atomic E-state index is -0.00629. The summed E-state index contributed by atoms with van der Waals surface area (Å²) in [5.74, 6) is 1.44. The second-order valence-electron chi connectivity index (χ2n) is 5.33. The summed E-state index contributed by atoms with van der Waals surface area (Å²) in [4.78, 5) is 14.2. The summed E-state index contributed by atoms with van der Waals surface area (Å²) >= 11 is 0. The van der Waals surface area contributed by atoms with E-state index in [1.165, 1.54) is 0 Å². The number of rotatable bonds is 3. The van der Waals surface area contributed by atoms with Gasteiger partial charge in [0.2, 0.25) is 12.7 Å². The standard InChI is InChI=1S/C15H19NO5/c17-8-12-7-16(3-4-19-9-12)15(18)6-11-1-2-13-14(5-11)21-10-20-13/h1-2,5,12,17H,3-4,6-10H2/t12-/m0/s1. The molecule has 21 heavy (non-hydrogen) atoms. The molecular formula is C15H19NO5. The molecule has 0 aliphatic carbocycles. The number of ether oxygens (including phenoxy) is 3. The van der Waals surface area contributed by atoms with Gasteiger partial charge in [0.05, 0.1) is 19.6 Å². The number of carbonyl (C=O) groups is 1. The average Bonchev–Trinajstić information content (AvgIpc) is 2.82. The van der Waals surface area contributed by atoms with Crippen molar-refractivity contribution in [1.82, 2.24) is 4.90 Å². The van der Waals surface area contributed by atoms with Crippen LogP contribution in [-0.4, -0.2) is 55.6 Å². The zero-order valence-corrected chi connectivity index (χ0v) is 11.8. The van der Waals surface area contributed by atoms with E-state index >= 15 is 0 Å². The maximum Gasteiger partial charge on any atom is 0.231 e. The number of hydrogen-bond donors (Lipinski definition) is 1. The molecule has 0 spiro atoms. The van der Waals surface area contributed by atoms with Gasteiger partial charge < -0.3 is 24.2 Å².